The summed E-state index contributed by atoms with van der Waals surface area (Å²) in [4.78, 5) is 53.2. The number of ether oxygens (including phenoxy) is 2. The lowest BCUT2D eigenvalue weighted by molar-refractivity contribution is -0.140. The highest BCUT2D eigenvalue weighted by Gasteiger charge is 2.64. The lowest BCUT2D eigenvalue weighted by Crippen LogP contribution is -2.50. The van der Waals surface area contributed by atoms with E-state index in [1.165, 1.54) is 11.3 Å². The van der Waals surface area contributed by atoms with Crippen LogP contribution in [0.5, 0.6) is 5.75 Å². The van der Waals surface area contributed by atoms with Gasteiger partial charge in [0.2, 0.25) is 17.7 Å². The van der Waals surface area contributed by atoms with E-state index in [-0.39, 0.29) is 67.7 Å². The molecule has 44 heavy (non-hydrogen) atoms. The van der Waals surface area contributed by atoms with Crippen LogP contribution in [-0.4, -0.2) is 59.8 Å². The second-order valence-electron chi connectivity index (χ2n) is 11.2. The molecule has 0 radical (unpaired) electrons. The highest BCUT2D eigenvalue weighted by atomic mass is 32.1. The van der Waals surface area contributed by atoms with Crippen molar-refractivity contribution in [1.82, 2.24) is 20.9 Å². The minimum absolute atomic E-state index is 0.0226. The van der Waals surface area contributed by atoms with Gasteiger partial charge < -0.3 is 25.0 Å². The summed E-state index contributed by atoms with van der Waals surface area (Å²) in [6.45, 7) is 2.39. The summed E-state index contributed by atoms with van der Waals surface area (Å²) in [5.41, 5.74) is 1.23. The number of piperidine rings is 1. The average Bonchev–Trinajstić information content (AvgIpc) is 3.33. The van der Waals surface area contributed by atoms with Crippen molar-refractivity contribution in [2.75, 3.05) is 13.2 Å². The molecule has 3 atom stereocenters. The number of hydrogen-bond acceptors (Lipinski definition) is 8. The van der Waals surface area contributed by atoms with Crippen LogP contribution in [0.4, 0.5) is 4.79 Å². The van der Waals surface area contributed by atoms with Crippen LogP contribution in [0.2, 0.25) is 0 Å². The van der Waals surface area contributed by atoms with Crippen LogP contribution in [0.15, 0.2) is 72.1 Å². The predicted molar refractivity (Wildman–Crippen MR) is 164 cm³/mol. The molecule has 4 N–H and O–H groups in total. The quantitative estimate of drug-likeness (QED) is 0.180. The number of rotatable bonds is 12. The highest BCUT2D eigenvalue weighted by Crippen LogP contribution is 2.59. The first-order chi connectivity index (χ1) is 21.2. The minimum atomic E-state index is -0.727. The minimum Gasteiger partial charge on any atom is -0.493 e. The van der Waals surface area contributed by atoms with Gasteiger partial charge in [-0.25, -0.2) is 4.79 Å². The normalized spacial score (nSPS) is 19.8. The summed E-state index contributed by atoms with van der Waals surface area (Å²) in [6, 6.07) is 19.5. The zero-order valence-corrected chi connectivity index (χ0v) is 25.2. The summed E-state index contributed by atoms with van der Waals surface area (Å²) < 4.78 is 10.7. The van der Waals surface area contributed by atoms with Crippen molar-refractivity contribution in [3.05, 3.63) is 88.1 Å². The number of amides is 4. The SMILES string of the molecule is C[C@@]12C[C@@H]1N(C(=O)CNC(=O)CCOc1ccccc1)[C@H](C(=O)NCc1cc(C(=N)NC(=O)OCc3ccccc3)cs1)C2. The third kappa shape index (κ3) is 7.81. The topological polar surface area (TPSA) is 150 Å². The monoisotopic (exact) mass is 617 g/mol. The third-order valence-corrected chi connectivity index (χ3v) is 8.76. The molecule has 2 aromatic carbocycles. The molecular weight excluding hydrogens is 582 g/mol. The molecule has 1 saturated heterocycles. The van der Waals surface area contributed by atoms with Crippen LogP contribution in [-0.2, 0) is 32.3 Å². The van der Waals surface area contributed by atoms with E-state index in [1.807, 2.05) is 48.5 Å². The Hall–Kier alpha value is -4.71. The van der Waals surface area contributed by atoms with Gasteiger partial charge in [0.15, 0.2) is 0 Å². The molecule has 1 aliphatic heterocycles. The standard InChI is InChI=1S/C32H35N5O6S/c1-32-15-25(37(26(32)16-32)28(39)18-34-27(38)12-13-42-23-10-6-3-7-11-23)30(40)35-17-24-14-22(20-44-24)29(33)36-31(41)43-19-21-8-4-2-5-9-21/h2-11,14,20,25-26H,12-13,15-19H2,1H3,(H,34,38)(H,35,40)(H2,33,36,41)/t25-,26-,32+/m0/s1. The van der Waals surface area contributed by atoms with E-state index in [0.717, 1.165) is 16.9 Å². The molecule has 1 aliphatic carbocycles. The van der Waals surface area contributed by atoms with Gasteiger partial charge in [0, 0.05) is 21.9 Å². The number of nitrogens with zero attached hydrogens (tertiary/aromatic N) is 1. The Labute approximate surface area is 259 Å². The van der Waals surface area contributed by atoms with Crippen molar-refractivity contribution < 1.29 is 28.7 Å². The number of carbonyl (C=O) groups excluding carboxylic acids is 4. The molecule has 1 saturated carbocycles. The lowest BCUT2D eigenvalue weighted by atomic mass is 10.0. The first kappa shape index (κ1) is 30.7. The van der Waals surface area contributed by atoms with Crippen LogP contribution < -0.4 is 20.7 Å². The van der Waals surface area contributed by atoms with Crippen LogP contribution in [0.25, 0.3) is 0 Å². The predicted octanol–water partition coefficient (Wildman–Crippen LogP) is 3.58. The first-order valence-corrected chi connectivity index (χ1v) is 15.3. The molecule has 4 amide bonds. The van der Waals surface area contributed by atoms with E-state index < -0.39 is 12.1 Å². The molecule has 1 aromatic heterocycles. The number of likely N-dealkylation sites (tertiary alicyclic amines) is 1. The molecule has 12 heteroatoms. The fourth-order valence-corrected chi connectivity index (χ4v) is 6.14. The Balaban J connectivity index is 1.06. The molecular formula is C32H35N5O6S. The van der Waals surface area contributed by atoms with Gasteiger partial charge in [-0.15, -0.1) is 11.3 Å². The Morgan fingerprint density at radius 2 is 1.75 bits per heavy atom. The van der Waals surface area contributed by atoms with Gasteiger partial charge in [0.05, 0.1) is 26.1 Å². The number of alkyl carbamates (subject to hydrolysis) is 1. The lowest BCUT2D eigenvalue weighted by Gasteiger charge is -2.27. The van der Waals surface area contributed by atoms with E-state index in [1.54, 1.807) is 28.5 Å². The van der Waals surface area contributed by atoms with Crippen molar-refractivity contribution in [1.29, 1.82) is 5.41 Å². The van der Waals surface area contributed by atoms with Crippen molar-refractivity contribution in [2.45, 2.75) is 51.4 Å². The second-order valence-corrected chi connectivity index (χ2v) is 12.2. The number of carbonyl (C=O) groups is 4. The summed E-state index contributed by atoms with van der Waals surface area (Å²) in [5, 5.41) is 17.9. The zero-order chi connectivity index (χ0) is 31.1. The molecule has 230 valence electrons. The van der Waals surface area contributed by atoms with Crippen LogP contribution in [0, 0.1) is 10.8 Å². The number of benzene rings is 2. The molecule has 0 unspecified atom stereocenters. The summed E-state index contributed by atoms with van der Waals surface area (Å²) in [5.74, 6) is -0.284. The van der Waals surface area contributed by atoms with Gasteiger partial charge in [-0.05, 0) is 42.0 Å². The molecule has 5 rings (SSSR count). The summed E-state index contributed by atoms with van der Waals surface area (Å²) >= 11 is 1.35. The van der Waals surface area contributed by atoms with Gasteiger partial charge in [-0.3, -0.25) is 25.1 Å². The maximum atomic E-state index is 13.2. The van der Waals surface area contributed by atoms with E-state index in [4.69, 9.17) is 14.9 Å². The Bertz CT molecular complexity index is 1510. The Morgan fingerprint density at radius 1 is 1.02 bits per heavy atom. The fourth-order valence-electron chi connectivity index (χ4n) is 5.32. The fraction of sp³-hybridized carbons (Fsp3) is 0.344. The molecule has 3 aromatic rings. The molecule has 11 nitrogen and oxygen atoms in total. The van der Waals surface area contributed by atoms with Gasteiger partial charge in [-0.1, -0.05) is 55.5 Å². The molecule has 2 aliphatic rings. The third-order valence-electron chi connectivity index (χ3n) is 7.82. The van der Waals surface area contributed by atoms with Crippen molar-refractivity contribution in [3.63, 3.8) is 0 Å². The van der Waals surface area contributed by atoms with Gasteiger partial charge in [-0.2, -0.15) is 0 Å². The number of para-hydroxylation sites is 1. The number of fused-ring (bicyclic) bond motifs is 1. The number of hydrogen-bond donors (Lipinski definition) is 4. The van der Waals surface area contributed by atoms with Crippen molar-refractivity contribution in [2.24, 2.45) is 5.41 Å². The van der Waals surface area contributed by atoms with Crippen LogP contribution in [0.1, 0.15) is 42.2 Å². The molecule has 2 heterocycles. The largest absolute Gasteiger partial charge is 0.493 e. The van der Waals surface area contributed by atoms with Crippen molar-refractivity contribution >= 4 is 41.0 Å². The second kappa shape index (κ2) is 13.7. The average molecular weight is 618 g/mol. The zero-order valence-electron chi connectivity index (χ0n) is 24.3. The number of nitrogens with one attached hydrogen (secondary N) is 4. The van der Waals surface area contributed by atoms with Gasteiger partial charge in [0.1, 0.15) is 24.2 Å². The maximum Gasteiger partial charge on any atom is 0.413 e. The molecule has 0 spiro atoms. The van der Waals surface area contributed by atoms with Crippen LogP contribution in [0.3, 0.4) is 0 Å². The smallest absolute Gasteiger partial charge is 0.413 e. The van der Waals surface area contributed by atoms with E-state index >= 15 is 0 Å². The maximum absolute atomic E-state index is 13.2. The van der Waals surface area contributed by atoms with Crippen LogP contribution >= 0.6 is 11.3 Å². The van der Waals surface area contributed by atoms with E-state index in [2.05, 4.69) is 22.9 Å². The Kier molecular flexibility index (Phi) is 9.59. The molecule has 2 fully saturated rings. The van der Waals surface area contributed by atoms with E-state index in [0.29, 0.717) is 17.7 Å². The highest BCUT2D eigenvalue weighted by molar-refractivity contribution is 7.10. The number of amidine groups is 1. The van der Waals surface area contributed by atoms with Gasteiger partial charge >= 0.3 is 6.09 Å². The Morgan fingerprint density at radius 3 is 2.50 bits per heavy atom. The summed E-state index contributed by atoms with van der Waals surface area (Å²) in [6.07, 6.45) is 0.773. The summed E-state index contributed by atoms with van der Waals surface area (Å²) in [7, 11) is 0. The number of thiophene rings is 1. The molecule has 0 bridgehead atoms. The van der Waals surface area contributed by atoms with Crippen molar-refractivity contribution in [3.8, 4) is 5.75 Å². The van der Waals surface area contributed by atoms with Gasteiger partial charge in [0.25, 0.3) is 0 Å². The first-order valence-electron chi connectivity index (χ1n) is 14.4. The van der Waals surface area contributed by atoms with E-state index in [9.17, 15) is 19.2 Å².